The van der Waals surface area contributed by atoms with E-state index in [0.717, 1.165) is 17.0 Å². The normalized spacial score (nSPS) is 18.4. The van der Waals surface area contributed by atoms with Crippen LogP contribution in [0.25, 0.3) is 0 Å². The molecule has 0 aromatic heterocycles. The Kier molecular flexibility index (Phi) is 6.20. The Bertz CT molecular complexity index is 747. The molecule has 27 heavy (non-hydrogen) atoms. The number of halogens is 4. The summed E-state index contributed by atoms with van der Waals surface area (Å²) in [4.78, 5) is 25.8. The molecule has 0 bridgehead atoms. The summed E-state index contributed by atoms with van der Waals surface area (Å²) in [5.41, 5.74) is -2.25. The van der Waals surface area contributed by atoms with Crippen LogP contribution in [0.2, 0.25) is 0 Å². The first-order valence-electron chi connectivity index (χ1n) is 7.86. The number of nitro groups is 1. The molecule has 0 aliphatic carbocycles. The van der Waals surface area contributed by atoms with Crippen LogP contribution < -0.4 is 4.90 Å². The maximum absolute atomic E-state index is 13.6. The van der Waals surface area contributed by atoms with Crippen molar-refractivity contribution < 1.29 is 28.0 Å². The van der Waals surface area contributed by atoms with Gasteiger partial charge in [-0.3, -0.25) is 15.0 Å². The first-order chi connectivity index (χ1) is 12.4. The van der Waals surface area contributed by atoms with Gasteiger partial charge in [-0.1, -0.05) is 15.9 Å². The second-order valence-electron chi connectivity index (χ2n) is 6.29. The molecule has 150 valence electrons. The molecule has 1 fully saturated rings. The molecule has 0 radical (unpaired) electrons. The van der Waals surface area contributed by atoms with E-state index in [4.69, 9.17) is 5.11 Å². The summed E-state index contributed by atoms with van der Waals surface area (Å²) in [6, 6.07) is 1.63. The Morgan fingerprint density at radius 1 is 1.44 bits per heavy atom. The highest BCUT2D eigenvalue weighted by atomic mass is 79.9. The lowest BCUT2D eigenvalue weighted by Crippen LogP contribution is -2.56. The zero-order chi connectivity index (χ0) is 20.5. The molecule has 1 aliphatic heterocycles. The van der Waals surface area contributed by atoms with Gasteiger partial charge >= 0.3 is 12.3 Å². The molecule has 1 heterocycles. The molecular formula is C15H18BrF3N4O4. The van der Waals surface area contributed by atoms with E-state index in [1.165, 1.54) is 11.9 Å². The number of hydrogen-bond acceptors (Lipinski definition) is 5. The lowest BCUT2D eigenvalue weighted by molar-refractivity contribution is -0.384. The van der Waals surface area contributed by atoms with Crippen molar-refractivity contribution >= 4 is 33.4 Å². The van der Waals surface area contributed by atoms with Crippen molar-refractivity contribution in [3.05, 3.63) is 32.3 Å². The molecule has 0 spiro atoms. The van der Waals surface area contributed by atoms with Crippen LogP contribution >= 0.6 is 15.9 Å². The maximum Gasteiger partial charge on any atom is 0.419 e. The lowest BCUT2D eigenvalue weighted by atomic mass is 10.1. The predicted molar refractivity (Wildman–Crippen MR) is 95.1 cm³/mol. The van der Waals surface area contributed by atoms with Gasteiger partial charge in [0.05, 0.1) is 4.92 Å². The molecule has 1 amide bonds. The first kappa shape index (κ1) is 21.2. The Balaban J connectivity index is 2.48. The molecule has 1 aliphatic rings. The van der Waals surface area contributed by atoms with Crippen LogP contribution in [0, 0.1) is 10.1 Å². The second-order valence-corrected chi connectivity index (χ2v) is 7.14. The summed E-state index contributed by atoms with van der Waals surface area (Å²) in [7, 11) is 3.09. The van der Waals surface area contributed by atoms with E-state index < -0.39 is 40.2 Å². The van der Waals surface area contributed by atoms with Gasteiger partial charge in [-0.15, -0.1) is 0 Å². The minimum atomic E-state index is -4.79. The third kappa shape index (κ3) is 4.61. The number of rotatable bonds is 4. The van der Waals surface area contributed by atoms with Crippen molar-refractivity contribution in [3.63, 3.8) is 0 Å². The SMILES string of the molecule is CN(C[C@H]1CN(c2c([N+](=O)[O-])ccc(Br)c2C(F)(F)F)CCN1C)C(=O)O. The maximum atomic E-state index is 13.6. The second kappa shape index (κ2) is 7.89. The standard InChI is InChI=1S/C15H18BrF3N4O4/c1-20-5-6-22(8-9(20)7-21(2)14(24)25)13-11(23(26)27)4-3-10(16)12(13)15(17,18)19/h3-4,9H,5-8H2,1-2H3,(H,24,25)/t9-/m0/s1. The smallest absolute Gasteiger partial charge is 0.419 e. The van der Waals surface area contributed by atoms with E-state index in [-0.39, 0.29) is 24.1 Å². The molecule has 8 nitrogen and oxygen atoms in total. The number of amides is 1. The summed E-state index contributed by atoms with van der Waals surface area (Å²) in [6.45, 7) is 0.559. The van der Waals surface area contributed by atoms with E-state index in [9.17, 15) is 28.1 Å². The van der Waals surface area contributed by atoms with Crippen LogP contribution in [0.5, 0.6) is 0 Å². The Morgan fingerprint density at radius 3 is 2.59 bits per heavy atom. The van der Waals surface area contributed by atoms with Crippen LogP contribution in [0.4, 0.5) is 29.3 Å². The van der Waals surface area contributed by atoms with Crippen LogP contribution in [-0.4, -0.2) is 72.2 Å². The van der Waals surface area contributed by atoms with E-state index in [1.54, 1.807) is 7.05 Å². The predicted octanol–water partition coefficient (Wildman–Crippen LogP) is 3.11. The lowest BCUT2D eigenvalue weighted by Gasteiger charge is -2.42. The minimum absolute atomic E-state index is 0.0223. The van der Waals surface area contributed by atoms with Crippen molar-refractivity contribution in [2.45, 2.75) is 12.2 Å². The van der Waals surface area contributed by atoms with Crippen molar-refractivity contribution in [2.75, 3.05) is 45.2 Å². The number of hydrogen-bond donors (Lipinski definition) is 1. The van der Waals surface area contributed by atoms with Crippen molar-refractivity contribution in [1.82, 2.24) is 9.80 Å². The Morgan fingerprint density at radius 2 is 2.07 bits per heavy atom. The van der Waals surface area contributed by atoms with Crippen LogP contribution in [0.15, 0.2) is 16.6 Å². The molecule has 0 saturated carbocycles. The van der Waals surface area contributed by atoms with E-state index in [0.29, 0.717) is 6.54 Å². The summed E-state index contributed by atoms with van der Waals surface area (Å²) in [5.74, 6) is 0. The average Bonchev–Trinajstić information content (AvgIpc) is 2.54. The van der Waals surface area contributed by atoms with Gasteiger partial charge in [0.25, 0.3) is 5.69 Å². The molecule has 1 aromatic rings. The fourth-order valence-corrected chi connectivity index (χ4v) is 3.58. The molecule has 1 N–H and O–H groups in total. The number of likely N-dealkylation sites (N-methyl/N-ethyl adjacent to an activating group) is 2. The van der Waals surface area contributed by atoms with Crippen LogP contribution in [0.1, 0.15) is 5.56 Å². The highest BCUT2D eigenvalue weighted by molar-refractivity contribution is 9.10. The number of carboxylic acid groups (broad SMARTS) is 1. The van der Waals surface area contributed by atoms with Gasteiger partial charge in [-0.25, -0.2) is 4.79 Å². The molecule has 2 rings (SSSR count). The van der Waals surface area contributed by atoms with Gasteiger partial charge in [-0.05, 0) is 13.1 Å². The van der Waals surface area contributed by atoms with Crippen molar-refractivity contribution in [3.8, 4) is 0 Å². The highest BCUT2D eigenvalue weighted by Gasteiger charge is 2.42. The summed E-state index contributed by atoms with van der Waals surface area (Å²) < 4.78 is 40.6. The van der Waals surface area contributed by atoms with Crippen LogP contribution in [0.3, 0.4) is 0 Å². The van der Waals surface area contributed by atoms with Gasteiger partial charge < -0.3 is 14.9 Å². The van der Waals surface area contributed by atoms with Gasteiger partial charge in [0, 0.05) is 49.8 Å². The van der Waals surface area contributed by atoms with Gasteiger partial charge in [0.15, 0.2) is 0 Å². The number of nitro benzene ring substituents is 1. The summed E-state index contributed by atoms with van der Waals surface area (Å²) >= 11 is 2.85. The summed E-state index contributed by atoms with van der Waals surface area (Å²) in [5, 5.41) is 20.4. The zero-order valence-electron chi connectivity index (χ0n) is 14.5. The third-order valence-corrected chi connectivity index (χ3v) is 5.15. The van der Waals surface area contributed by atoms with Crippen LogP contribution in [-0.2, 0) is 6.18 Å². The number of carbonyl (C=O) groups is 1. The molecule has 1 saturated heterocycles. The monoisotopic (exact) mass is 454 g/mol. The number of benzene rings is 1. The Labute approximate surface area is 161 Å². The largest absolute Gasteiger partial charge is 0.465 e. The number of piperazine rings is 1. The minimum Gasteiger partial charge on any atom is -0.465 e. The zero-order valence-corrected chi connectivity index (χ0v) is 16.1. The molecule has 1 atom stereocenters. The van der Waals surface area contributed by atoms with Crippen molar-refractivity contribution in [2.24, 2.45) is 0 Å². The number of alkyl halides is 3. The molecule has 1 aromatic carbocycles. The quantitative estimate of drug-likeness (QED) is 0.555. The van der Waals surface area contributed by atoms with Gasteiger partial charge in [0.1, 0.15) is 11.3 Å². The Hall–Kier alpha value is -2.08. The van der Waals surface area contributed by atoms with Gasteiger partial charge in [-0.2, -0.15) is 13.2 Å². The fourth-order valence-electron chi connectivity index (χ4n) is 3.03. The topological polar surface area (TPSA) is 90.2 Å². The summed E-state index contributed by atoms with van der Waals surface area (Å²) in [6.07, 6.45) is -5.96. The first-order valence-corrected chi connectivity index (χ1v) is 8.66. The van der Waals surface area contributed by atoms with Gasteiger partial charge in [0.2, 0.25) is 0 Å². The molecular weight excluding hydrogens is 437 g/mol. The number of nitrogens with zero attached hydrogens (tertiary/aromatic N) is 4. The average molecular weight is 455 g/mol. The third-order valence-electron chi connectivity index (χ3n) is 4.49. The van der Waals surface area contributed by atoms with E-state index in [2.05, 4.69) is 15.9 Å². The van der Waals surface area contributed by atoms with E-state index >= 15 is 0 Å². The number of anilines is 1. The van der Waals surface area contributed by atoms with E-state index in [1.807, 2.05) is 4.90 Å². The molecule has 0 unspecified atom stereocenters. The molecule has 12 heteroatoms. The highest BCUT2D eigenvalue weighted by Crippen LogP contribution is 2.46. The fraction of sp³-hybridized carbons (Fsp3) is 0.533. The van der Waals surface area contributed by atoms with Crippen molar-refractivity contribution in [1.29, 1.82) is 0 Å².